The van der Waals surface area contributed by atoms with Crippen LogP contribution in [-0.2, 0) is 4.79 Å². The number of aliphatic carboxylic acids is 1. The van der Waals surface area contributed by atoms with E-state index in [-0.39, 0.29) is 0 Å². The van der Waals surface area contributed by atoms with Gasteiger partial charge in [-0.1, -0.05) is 17.7 Å². The number of aryl methyl sites for hydroxylation is 2. The summed E-state index contributed by atoms with van der Waals surface area (Å²) in [4.78, 5) is 10.6. The summed E-state index contributed by atoms with van der Waals surface area (Å²) >= 11 is 0. The van der Waals surface area contributed by atoms with Crippen LogP contribution in [0.5, 0.6) is 0 Å². The molecule has 1 aromatic carbocycles. The molecule has 1 N–H and O–H groups in total. The number of hydrogen-bond donors (Lipinski definition) is 1. The minimum absolute atomic E-state index is 0.749. The number of hydrogen-bond acceptors (Lipinski definition) is 2. The van der Waals surface area contributed by atoms with E-state index in [1.54, 1.807) is 10.8 Å². The van der Waals surface area contributed by atoms with Crippen LogP contribution in [0.15, 0.2) is 36.4 Å². The Morgan fingerprint density at radius 2 is 1.94 bits per heavy atom. The van der Waals surface area contributed by atoms with E-state index in [1.165, 1.54) is 5.56 Å². The van der Waals surface area contributed by atoms with Crippen LogP contribution in [0.25, 0.3) is 11.8 Å². The van der Waals surface area contributed by atoms with Crippen molar-refractivity contribution in [3.63, 3.8) is 0 Å². The Bertz CT molecular complexity index is 595. The molecule has 0 saturated heterocycles. The van der Waals surface area contributed by atoms with E-state index in [2.05, 4.69) is 5.10 Å². The zero-order chi connectivity index (χ0) is 13.1. The summed E-state index contributed by atoms with van der Waals surface area (Å²) in [5.41, 5.74) is 3.68. The number of aromatic nitrogens is 2. The van der Waals surface area contributed by atoms with E-state index in [0.29, 0.717) is 0 Å². The molecular formula is C14H14N2O2. The fourth-order valence-corrected chi connectivity index (χ4v) is 1.69. The third kappa shape index (κ3) is 2.66. The van der Waals surface area contributed by atoms with Gasteiger partial charge >= 0.3 is 5.97 Å². The van der Waals surface area contributed by atoms with E-state index in [9.17, 15) is 4.79 Å². The molecule has 4 nitrogen and oxygen atoms in total. The van der Waals surface area contributed by atoms with Gasteiger partial charge < -0.3 is 5.11 Å². The Kier molecular flexibility index (Phi) is 3.28. The van der Waals surface area contributed by atoms with Crippen LogP contribution in [0.4, 0.5) is 0 Å². The lowest BCUT2D eigenvalue weighted by atomic mass is 10.2. The number of carboxylic acids is 1. The number of carboxylic acid groups (broad SMARTS) is 1. The smallest absolute Gasteiger partial charge is 0.328 e. The van der Waals surface area contributed by atoms with Crippen molar-refractivity contribution in [1.29, 1.82) is 0 Å². The Morgan fingerprint density at radius 1 is 1.28 bits per heavy atom. The Hall–Kier alpha value is -2.36. The molecular weight excluding hydrogens is 228 g/mol. The van der Waals surface area contributed by atoms with Crippen LogP contribution < -0.4 is 0 Å². The monoisotopic (exact) mass is 242 g/mol. The number of nitrogens with zero attached hydrogens (tertiary/aromatic N) is 2. The minimum atomic E-state index is -0.968. The van der Waals surface area contributed by atoms with Gasteiger partial charge in [-0.3, -0.25) is 0 Å². The molecule has 0 amide bonds. The maximum Gasteiger partial charge on any atom is 0.328 e. The first kappa shape index (κ1) is 12.1. The zero-order valence-electron chi connectivity index (χ0n) is 10.3. The number of benzene rings is 1. The summed E-state index contributed by atoms with van der Waals surface area (Å²) in [6.45, 7) is 3.89. The summed E-state index contributed by atoms with van der Waals surface area (Å²) in [6, 6.07) is 9.76. The second kappa shape index (κ2) is 4.87. The SMILES string of the molecule is Cc1ccc(-n2nc(C)cc2C=CC(=O)O)cc1. The molecule has 1 aromatic heterocycles. The predicted octanol–water partition coefficient (Wildman–Crippen LogP) is 2.59. The molecule has 18 heavy (non-hydrogen) atoms. The highest BCUT2D eigenvalue weighted by molar-refractivity contribution is 5.85. The van der Waals surface area contributed by atoms with Gasteiger partial charge in [-0.2, -0.15) is 5.10 Å². The van der Waals surface area contributed by atoms with Gasteiger partial charge in [0.1, 0.15) is 0 Å². The molecule has 0 atom stereocenters. The maximum absolute atomic E-state index is 10.6. The summed E-state index contributed by atoms with van der Waals surface area (Å²) in [5, 5.41) is 13.0. The molecule has 0 aliphatic heterocycles. The molecule has 92 valence electrons. The van der Waals surface area contributed by atoms with Crippen LogP contribution in [0.1, 0.15) is 17.0 Å². The molecule has 0 radical (unpaired) electrons. The lowest BCUT2D eigenvalue weighted by Gasteiger charge is -2.04. The van der Waals surface area contributed by atoms with Crippen molar-refractivity contribution in [3.8, 4) is 5.69 Å². The molecule has 2 aromatic rings. The molecule has 0 aliphatic carbocycles. The second-order valence-electron chi connectivity index (χ2n) is 4.13. The summed E-state index contributed by atoms with van der Waals surface area (Å²) in [6.07, 6.45) is 2.66. The van der Waals surface area contributed by atoms with Gasteiger partial charge in [0.25, 0.3) is 0 Å². The van der Waals surface area contributed by atoms with Crippen molar-refractivity contribution in [2.24, 2.45) is 0 Å². The lowest BCUT2D eigenvalue weighted by Crippen LogP contribution is -1.99. The third-order valence-electron chi connectivity index (χ3n) is 2.53. The Morgan fingerprint density at radius 3 is 2.56 bits per heavy atom. The Labute approximate surface area is 105 Å². The largest absolute Gasteiger partial charge is 0.478 e. The first-order valence-electron chi connectivity index (χ1n) is 5.61. The molecule has 0 spiro atoms. The fraction of sp³-hybridized carbons (Fsp3) is 0.143. The van der Waals surface area contributed by atoms with Gasteiger partial charge in [0, 0.05) is 6.08 Å². The van der Waals surface area contributed by atoms with Crippen molar-refractivity contribution in [2.45, 2.75) is 13.8 Å². The minimum Gasteiger partial charge on any atom is -0.478 e. The van der Waals surface area contributed by atoms with Gasteiger partial charge in [0.05, 0.1) is 17.1 Å². The molecule has 0 unspecified atom stereocenters. The molecule has 0 aliphatic rings. The maximum atomic E-state index is 10.6. The normalized spacial score (nSPS) is 11.0. The fourth-order valence-electron chi connectivity index (χ4n) is 1.69. The van der Waals surface area contributed by atoms with Crippen molar-refractivity contribution < 1.29 is 9.90 Å². The molecule has 0 fully saturated rings. The van der Waals surface area contributed by atoms with E-state index >= 15 is 0 Å². The Balaban J connectivity index is 2.44. The van der Waals surface area contributed by atoms with E-state index in [4.69, 9.17) is 5.11 Å². The average molecular weight is 242 g/mol. The predicted molar refractivity (Wildman–Crippen MR) is 69.7 cm³/mol. The van der Waals surface area contributed by atoms with Crippen molar-refractivity contribution in [3.05, 3.63) is 53.4 Å². The summed E-state index contributed by atoms with van der Waals surface area (Å²) in [5.74, 6) is -0.968. The topological polar surface area (TPSA) is 55.1 Å². The van der Waals surface area contributed by atoms with Crippen LogP contribution in [0.2, 0.25) is 0 Å². The molecule has 2 rings (SSSR count). The molecule has 0 saturated carbocycles. The lowest BCUT2D eigenvalue weighted by molar-refractivity contribution is -0.131. The van der Waals surface area contributed by atoms with Gasteiger partial charge in [-0.05, 0) is 38.1 Å². The van der Waals surface area contributed by atoms with E-state index < -0.39 is 5.97 Å². The quantitative estimate of drug-likeness (QED) is 0.842. The van der Waals surface area contributed by atoms with Gasteiger partial charge in [-0.15, -0.1) is 0 Å². The third-order valence-corrected chi connectivity index (χ3v) is 2.53. The molecule has 0 bridgehead atoms. The highest BCUT2D eigenvalue weighted by Gasteiger charge is 2.05. The average Bonchev–Trinajstić information content (AvgIpc) is 2.69. The van der Waals surface area contributed by atoms with Crippen molar-refractivity contribution in [1.82, 2.24) is 9.78 Å². The highest BCUT2D eigenvalue weighted by Crippen LogP contribution is 2.14. The first-order valence-corrected chi connectivity index (χ1v) is 5.61. The van der Waals surface area contributed by atoms with Crippen LogP contribution in [-0.4, -0.2) is 20.9 Å². The van der Waals surface area contributed by atoms with Crippen LogP contribution >= 0.6 is 0 Å². The van der Waals surface area contributed by atoms with Crippen LogP contribution in [0, 0.1) is 13.8 Å². The number of rotatable bonds is 3. The zero-order valence-corrected chi connectivity index (χ0v) is 10.3. The molecule has 4 heteroatoms. The summed E-state index contributed by atoms with van der Waals surface area (Å²) in [7, 11) is 0. The molecule has 1 heterocycles. The highest BCUT2D eigenvalue weighted by atomic mass is 16.4. The van der Waals surface area contributed by atoms with E-state index in [1.807, 2.05) is 44.2 Å². The van der Waals surface area contributed by atoms with Crippen molar-refractivity contribution in [2.75, 3.05) is 0 Å². The van der Waals surface area contributed by atoms with E-state index in [0.717, 1.165) is 23.2 Å². The van der Waals surface area contributed by atoms with Gasteiger partial charge in [-0.25, -0.2) is 9.48 Å². The van der Waals surface area contributed by atoms with Gasteiger partial charge in [0.2, 0.25) is 0 Å². The second-order valence-corrected chi connectivity index (χ2v) is 4.13. The number of carbonyl (C=O) groups is 1. The van der Waals surface area contributed by atoms with Crippen molar-refractivity contribution >= 4 is 12.0 Å². The van der Waals surface area contributed by atoms with Gasteiger partial charge in [0.15, 0.2) is 0 Å². The summed E-state index contributed by atoms with van der Waals surface area (Å²) < 4.78 is 1.73. The standard InChI is InChI=1S/C14H14N2O2/c1-10-3-5-12(6-4-10)16-13(7-8-14(17)18)9-11(2)15-16/h3-9H,1-2H3,(H,17,18). The first-order chi connectivity index (χ1) is 8.56. The van der Waals surface area contributed by atoms with Crippen LogP contribution in [0.3, 0.4) is 0 Å².